The molecule has 0 bridgehead atoms. The lowest BCUT2D eigenvalue weighted by atomic mass is 10.1. The number of nitrogens with two attached hydrogens (primary N) is 1. The van der Waals surface area contributed by atoms with E-state index >= 15 is 0 Å². The van der Waals surface area contributed by atoms with Crippen LogP contribution in [0.3, 0.4) is 0 Å². The maximum absolute atomic E-state index is 9.14. The summed E-state index contributed by atoms with van der Waals surface area (Å²) in [6.07, 6.45) is 2.23. The van der Waals surface area contributed by atoms with E-state index in [-0.39, 0.29) is 13.2 Å². The molecule has 0 radical (unpaired) electrons. The van der Waals surface area contributed by atoms with Gasteiger partial charge < -0.3 is 25.7 Å². The van der Waals surface area contributed by atoms with Crippen molar-refractivity contribution in [2.75, 3.05) is 76.2 Å². The van der Waals surface area contributed by atoms with Crippen molar-refractivity contribution in [1.82, 2.24) is 9.80 Å². The maximum Gasteiger partial charge on any atom is 0.0558 e. The van der Waals surface area contributed by atoms with Gasteiger partial charge in [-0.1, -0.05) is 13.0 Å². The predicted octanol–water partition coefficient (Wildman–Crippen LogP) is 0.630. The maximum atomic E-state index is 9.14. The molecule has 25 heavy (non-hydrogen) atoms. The van der Waals surface area contributed by atoms with Crippen LogP contribution in [0.1, 0.15) is 18.9 Å². The number of hydrogen-bond donors (Lipinski definition) is 3. The number of rotatable bonds is 12. The first-order valence-electron chi connectivity index (χ1n) is 9.47. The molecule has 1 aromatic rings. The SMILES string of the molecule is CCCN(CCN(CCO)CCO)CCN1CCc2ccc(N)cc21. The van der Waals surface area contributed by atoms with Crippen LogP contribution in [0.25, 0.3) is 0 Å². The van der Waals surface area contributed by atoms with E-state index in [0.717, 1.165) is 57.8 Å². The Labute approximate surface area is 151 Å². The van der Waals surface area contributed by atoms with Gasteiger partial charge in [-0.3, -0.25) is 4.90 Å². The smallest absolute Gasteiger partial charge is 0.0558 e. The summed E-state index contributed by atoms with van der Waals surface area (Å²) in [6, 6.07) is 6.23. The van der Waals surface area contributed by atoms with Gasteiger partial charge >= 0.3 is 0 Å². The monoisotopic (exact) mass is 350 g/mol. The van der Waals surface area contributed by atoms with Crippen molar-refractivity contribution in [3.63, 3.8) is 0 Å². The summed E-state index contributed by atoms with van der Waals surface area (Å²) >= 11 is 0. The van der Waals surface area contributed by atoms with Crippen LogP contribution in [0, 0.1) is 0 Å². The number of benzene rings is 1. The van der Waals surface area contributed by atoms with Gasteiger partial charge in [-0.15, -0.1) is 0 Å². The van der Waals surface area contributed by atoms with Crippen LogP contribution < -0.4 is 10.6 Å². The zero-order valence-corrected chi connectivity index (χ0v) is 15.5. The Bertz CT molecular complexity index is 506. The van der Waals surface area contributed by atoms with E-state index in [9.17, 15) is 0 Å². The van der Waals surface area contributed by atoms with Gasteiger partial charge in [0.1, 0.15) is 0 Å². The highest BCUT2D eigenvalue weighted by atomic mass is 16.3. The summed E-state index contributed by atoms with van der Waals surface area (Å²) in [5.74, 6) is 0. The predicted molar refractivity (Wildman–Crippen MR) is 104 cm³/mol. The highest BCUT2D eigenvalue weighted by molar-refractivity contribution is 5.64. The number of nitrogens with zero attached hydrogens (tertiary/aromatic N) is 3. The van der Waals surface area contributed by atoms with E-state index in [1.54, 1.807) is 0 Å². The molecule has 0 aromatic heterocycles. The van der Waals surface area contributed by atoms with E-state index in [4.69, 9.17) is 15.9 Å². The van der Waals surface area contributed by atoms with Crippen molar-refractivity contribution < 1.29 is 10.2 Å². The third-order valence-electron chi connectivity index (χ3n) is 4.89. The highest BCUT2D eigenvalue weighted by Gasteiger charge is 2.19. The Morgan fingerprint density at radius 1 is 1.00 bits per heavy atom. The molecule has 6 heteroatoms. The molecule has 1 aromatic carbocycles. The van der Waals surface area contributed by atoms with Crippen LogP contribution in [0.15, 0.2) is 18.2 Å². The third-order valence-corrected chi connectivity index (χ3v) is 4.89. The molecule has 0 saturated heterocycles. The second-order valence-corrected chi connectivity index (χ2v) is 6.76. The molecule has 142 valence electrons. The molecule has 1 aliphatic heterocycles. The Morgan fingerprint density at radius 2 is 1.68 bits per heavy atom. The molecule has 0 amide bonds. The molecule has 1 heterocycles. The van der Waals surface area contributed by atoms with Gasteiger partial charge in [-0.05, 0) is 37.1 Å². The molecule has 0 spiro atoms. The van der Waals surface area contributed by atoms with Crippen molar-refractivity contribution in [3.8, 4) is 0 Å². The minimum absolute atomic E-state index is 0.139. The molecule has 0 saturated carbocycles. The van der Waals surface area contributed by atoms with Crippen LogP contribution in [-0.2, 0) is 6.42 Å². The fourth-order valence-electron chi connectivity index (χ4n) is 3.51. The first-order valence-corrected chi connectivity index (χ1v) is 9.47. The molecule has 0 unspecified atom stereocenters. The summed E-state index contributed by atoms with van der Waals surface area (Å²) < 4.78 is 0. The normalized spacial score (nSPS) is 13.9. The number of anilines is 2. The van der Waals surface area contributed by atoms with E-state index in [2.05, 4.69) is 33.8 Å². The van der Waals surface area contributed by atoms with Gasteiger partial charge in [-0.25, -0.2) is 0 Å². The largest absolute Gasteiger partial charge is 0.399 e. The zero-order valence-electron chi connectivity index (χ0n) is 15.5. The molecule has 0 fully saturated rings. The zero-order chi connectivity index (χ0) is 18.1. The van der Waals surface area contributed by atoms with Crippen molar-refractivity contribution in [2.24, 2.45) is 0 Å². The number of hydrogen-bond acceptors (Lipinski definition) is 6. The van der Waals surface area contributed by atoms with Gasteiger partial charge in [0, 0.05) is 57.2 Å². The standard InChI is InChI=1S/C19H34N4O2/c1-2-6-21(8-9-22(12-14-24)13-15-25)10-11-23-7-5-17-3-4-18(20)16-19(17)23/h3-4,16,24-25H,2,5-15,20H2,1H3. The van der Waals surface area contributed by atoms with Crippen LogP contribution in [0.5, 0.6) is 0 Å². The first-order chi connectivity index (χ1) is 12.2. The average molecular weight is 351 g/mol. The van der Waals surface area contributed by atoms with Gasteiger partial charge in [0.15, 0.2) is 0 Å². The molecule has 2 rings (SSSR count). The lowest BCUT2D eigenvalue weighted by Gasteiger charge is -2.29. The van der Waals surface area contributed by atoms with E-state index in [1.807, 2.05) is 6.07 Å². The number of nitrogen functional groups attached to an aromatic ring is 1. The molecule has 1 aliphatic rings. The summed E-state index contributed by atoms with van der Waals surface area (Å²) in [7, 11) is 0. The number of aliphatic hydroxyl groups is 2. The molecule has 6 nitrogen and oxygen atoms in total. The summed E-state index contributed by atoms with van der Waals surface area (Å²) in [5.41, 5.74) is 9.47. The minimum atomic E-state index is 0.139. The van der Waals surface area contributed by atoms with Gasteiger partial charge in [-0.2, -0.15) is 0 Å². The van der Waals surface area contributed by atoms with Crippen LogP contribution in [0.2, 0.25) is 0 Å². The molecular formula is C19H34N4O2. The van der Waals surface area contributed by atoms with Crippen LogP contribution >= 0.6 is 0 Å². The topological polar surface area (TPSA) is 76.2 Å². The average Bonchev–Trinajstić information content (AvgIpc) is 2.99. The van der Waals surface area contributed by atoms with Crippen molar-refractivity contribution >= 4 is 11.4 Å². The first kappa shape index (κ1) is 20.0. The summed E-state index contributed by atoms with van der Waals surface area (Å²) in [4.78, 5) is 7.04. The quantitative estimate of drug-likeness (QED) is 0.480. The number of aliphatic hydroxyl groups excluding tert-OH is 2. The Hall–Kier alpha value is -1.34. The van der Waals surface area contributed by atoms with E-state index < -0.39 is 0 Å². The lowest BCUT2D eigenvalue weighted by molar-refractivity contribution is 0.143. The molecule has 0 atom stereocenters. The summed E-state index contributed by atoms with van der Waals surface area (Å²) in [5, 5.41) is 18.3. The van der Waals surface area contributed by atoms with Crippen LogP contribution in [0.4, 0.5) is 11.4 Å². The fraction of sp³-hybridized carbons (Fsp3) is 0.684. The second kappa shape index (κ2) is 10.6. The molecule has 0 aliphatic carbocycles. The number of fused-ring (bicyclic) bond motifs is 1. The van der Waals surface area contributed by atoms with Gasteiger partial charge in [0.2, 0.25) is 0 Å². The van der Waals surface area contributed by atoms with Crippen molar-refractivity contribution in [2.45, 2.75) is 19.8 Å². The Kier molecular flexibility index (Phi) is 8.48. The fourth-order valence-corrected chi connectivity index (χ4v) is 3.51. The Morgan fingerprint density at radius 3 is 2.32 bits per heavy atom. The molecule has 4 N–H and O–H groups in total. The van der Waals surface area contributed by atoms with Crippen molar-refractivity contribution in [3.05, 3.63) is 23.8 Å². The van der Waals surface area contributed by atoms with Gasteiger partial charge in [0.05, 0.1) is 13.2 Å². The lowest BCUT2D eigenvalue weighted by Crippen LogP contribution is -2.41. The minimum Gasteiger partial charge on any atom is -0.399 e. The van der Waals surface area contributed by atoms with E-state index in [0.29, 0.717) is 13.1 Å². The molecular weight excluding hydrogens is 316 g/mol. The Balaban J connectivity index is 1.84. The second-order valence-electron chi connectivity index (χ2n) is 6.76. The summed E-state index contributed by atoms with van der Waals surface area (Å²) in [6.45, 7) is 9.75. The van der Waals surface area contributed by atoms with Crippen molar-refractivity contribution in [1.29, 1.82) is 0 Å². The van der Waals surface area contributed by atoms with Gasteiger partial charge in [0.25, 0.3) is 0 Å². The van der Waals surface area contributed by atoms with Crippen LogP contribution in [-0.4, -0.2) is 85.6 Å². The van der Waals surface area contributed by atoms with E-state index in [1.165, 1.54) is 11.3 Å². The third kappa shape index (κ3) is 6.15. The highest BCUT2D eigenvalue weighted by Crippen LogP contribution is 2.29.